The van der Waals surface area contributed by atoms with Crippen molar-refractivity contribution >= 4 is 24.2 Å². The van der Waals surface area contributed by atoms with Gasteiger partial charge in [0.15, 0.2) is 11.5 Å². The summed E-state index contributed by atoms with van der Waals surface area (Å²) in [5.41, 5.74) is 1.56. The van der Waals surface area contributed by atoms with E-state index in [0.29, 0.717) is 23.1 Å². The zero-order chi connectivity index (χ0) is 20.8. The number of thiol groups is 1. The Morgan fingerprint density at radius 1 is 1.21 bits per heavy atom. The van der Waals surface area contributed by atoms with Gasteiger partial charge in [-0.25, -0.2) is 0 Å². The largest absolute Gasteiger partial charge is 0.493 e. The lowest BCUT2D eigenvalue weighted by molar-refractivity contribution is -0.118. The highest BCUT2D eigenvalue weighted by atomic mass is 32.1. The van der Waals surface area contributed by atoms with Gasteiger partial charge in [0, 0.05) is 5.69 Å². The highest BCUT2D eigenvalue weighted by molar-refractivity contribution is 7.84. The zero-order valence-corrected chi connectivity index (χ0v) is 17.3. The first-order chi connectivity index (χ1) is 14.1. The summed E-state index contributed by atoms with van der Waals surface area (Å²) in [6.07, 6.45) is 1.45. The molecule has 1 unspecified atom stereocenters. The molecule has 3 rings (SSSR count). The molecule has 1 atom stereocenters. The number of ether oxygens (including phenoxy) is 2. The molecule has 7 heteroatoms. The highest BCUT2D eigenvalue weighted by Crippen LogP contribution is 2.38. The quantitative estimate of drug-likeness (QED) is 0.530. The number of para-hydroxylation sites is 1. The number of carbonyl (C=O) groups excluding carboxylic acids is 1. The van der Waals surface area contributed by atoms with Crippen LogP contribution in [0.15, 0.2) is 59.1 Å². The number of nitrogens with one attached hydrogen (secondary N) is 1. The molecule has 0 spiro atoms. The van der Waals surface area contributed by atoms with Crippen molar-refractivity contribution in [3.63, 3.8) is 0 Å². The van der Waals surface area contributed by atoms with Crippen LogP contribution >= 0.6 is 12.6 Å². The van der Waals surface area contributed by atoms with Crippen LogP contribution in [0.25, 0.3) is 0 Å². The maximum atomic E-state index is 12.5. The molecule has 0 aromatic heterocycles. The first-order valence-corrected chi connectivity index (χ1v) is 9.84. The van der Waals surface area contributed by atoms with E-state index in [9.17, 15) is 10.1 Å². The lowest BCUT2D eigenvalue weighted by atomic mass is 10.1. The zero-order valence-electron chi connectivity index (χ0n) is 16.4. The number of methoxy groups -OCH3 is 1. The summed E-state index contributed by atoms with van der Waals surface area (Å²) < 4.78 is 11.3. The Labute approximate surface area is 176 Å². The molecule has 1 heterocycles. The minimum Gasteiger partial charge on any atom is -0.493 e. The van der Waals surface area contributed by atoms with Gasteiger partial charge < -0.3 is 19.7 Å². The highest BCUT2D eigenvalue weighted by Gasteiger charge is 2.34. The molecule has 0 saturated carbocycles. The van der Waals surface area contributed by atoms with Crippen LogP contribution in [0.4, 0.5) is 5.69 Å². The molecule has 2 aromatic rings. The SMILES string of the molecule is CCCCOc1ccc(C2NC(=O)C(C#N)=C(S)N2c2ccccc2)cc1OC. The Morgan fingerprint density at radius 2 is 1.97 bits per heavy atom. The van der Waals surface area contributed by atoms with Crippen molar-refractivity contribution < 1.29 is 14.3 Å². The van der Waals surface area contributed by atoms with Gasteiger partial charge in [-0.2, -0.15) is 5.26 Å². The predicted octanol–water partition coefficient (Wildman–Crippen LogP) is 4.17. The monoisotopic (exact) mass is 409 g/mol. The lowest BCUT2D eigenvalue weighted by Gasteiger charge is -2.38. The van der Waals surface area contributed by atoms with Crippen LogP contribution in [-0.2, 0) is 4.79 Å². The van der Waals surface area contributed by atoms with E-state index in [1.807, 2.05) is 59.5 Å². The fraction of sp³-hybridized carbons (Fsp3) is 0.273. The van der Waals surface area contributed by atoms with Gasteiger partial charge in [0.1, 0.15) is 17.8 Å². The molecule has 1 aliphatic rings. The first kappa shape index (κ1) is 20.6. The van der Waals surface area contributed by atoms with Crippen LogP contribution in [0.5, 0.6) is 11.5 Å². The number of anilines is 1. The fourth-order valence-corrected chi connectivity index (χ4v) is 3.48. The van der Waals surface area contributed by atoms with Crippen molar-refractivity contribution in [3.8, 4) is 17.6 Å². The average molecular weight is 410 g/mol. The Balaban J connectivity index is 2.02. The standard InChI is InChI=1S/C22H23N3O3S/c1-3-4-12-28-18-11-10-15(13-19(18)27-2)20-24-21(26)17(14-23)22(29)25(20)16-8-6-5-7-9-16/h5-11,13,20,29H,3-4,12H2,1-2H3,(H,24,26). The number of unbranched alkanes of at least 4 members (excludes halogenated alkanes) is 1. The number of hydrogen-bond donors (Lipinski definition) is 2. The van der Waals surface area contributed by atoms with Crippen molar-refractivity contribution in [2.45, 2.75) is 25.9 Å². The number of nitriles is 1. The summed E-state index contributed by atoms with van der Waals surface area (Å²) in [5.74, 6) is 0.769. The van der Waals surface area contributed by atoms with Gasteiger partial charge in [-0.1, -0.05) is 37.6 Å². The second kappa shape index (κ2) is 9.39. The van der Waals surface area contributed by atoms with Gasteiger partial charge in [-0.3, -0.25) is 4.79 Å². The molecule has 0 aliphatic carbocycles. The molecule has 0 saturated heterocycles. The van der Waals surface area contributed by atoms with Crippen molar-refractivity contribution in [2.24, 2.45) is 0 Å². The van der Waals surface area contributed by atoms with Crippen LogP contribution in [-0.4, -0.2) is 19.6 Å². The van der Waals surface area contributed by atoms with E-state index in [2.05, 4.69) is 24.9 Å². The van der Waals surface area contributed by atoms with Crippen LogP contribution in [0, 0.1) is 11.3 Å². The minimum absolute atomic E-state index is 0.0279. The Morgan fingerprint density at radius 3 is 2.62 bits per heavy atom. The summed E-state index contributed by atoms with van der Waals surface area (Å²) in [7, 11) is 1.58. The third-order valence-electron chi connectivity index (χ3n) is 4.61. The number of carbonyl (C=O) groups is 1. The van der Waals surface area contributed by atoms with Crippen molar-refractivity contribution in [3.05, 3.63) is 64.7 Å². The van der Waals surface area contributed by atoms with Gasteiger partial charge in [0.25, 0.3) is 5.91 Å². The number of hydrogen-bond acceptors (Lipinski definition) is 6. The van der Waals surface area contributed by atoms with Crippen LogP contribution < -0.4 is 19.7 Å². The molecule has 2 aromatic carbocycles. The molecule has 1 N–H and O–H groups in total. The lowest BCUT2D eigenvalue weighted by Crippen LogP contribution is -2.46. The smallest absolute Gasteiger partial charge is 0.266 e. The average Bonchev–Trinajstić information content (AvgIpc) is 2.74. The van der Waals surface area contributed by atoms with E-state index in [0.717, 1.165) is 24.1 Å². The number of rotatable bonds is 7. The minimum atomic E-state index is -0.548. The van der Waals surface area contributed by atoms with E-state index in [4.69, 9.17) is 9.47 Å². The van der Waals surface area contributed by atoms with Gasteiger partial charge in [0.05, 0.1) is 18.7 Å². The second-order valence-electron chi connectivity index (χ2n) is 6.50. The Kier molecular flexibility index (Phi) is 6.68. The van der Waals surface area contributed by atoms with E-state index in [1.165, 1.54) is 0 Å². The molecule has 29 heavy (non-hydrogen) atoms. The molecule has 0 bridgehead atoms. The second-order valence-corrected chi connectivity index (χ2v) is 6.93. The van der Waals surface area contributed by atoms with Gasteiger partial charge in [-0.15, -0.1) is 12.6 Å². The van der Waals surface area contributed by atoms with Crippen LogP contribution in [0.2, 0.25) is 0 Å². The molecule has 0 fully saturated rings. The predicted molar refractivity (Wildman–Crippen MR) is 115 cm³/mol. The third-order valence-corrected chi connectivity index (χ3v) is 5.05. The Bertz CT molecular complexity index is 954. The van der Waals surface area contributed by atoms with Gasteiger partial charge in [0.2, 0.25) is 0 Å². The van der Waals surface area contributed by atoms with E-state index >= 15 is 0 Å². The molecular weight excluding hydrogens is 386 g/mol. The summed E-state index contributed by atoms with van der Waals surface area (Å²) in [5, 5.41) is 12.6. The maximum absolute atomic E-state index is 12.5. The van der Waals surface area contributed by atoms with E-state index < -0.39 is 12.1 Å². The van der Waals surface area contributed by atoms with Gasteiger partial charge in [-0.05, 0) is 36.2 Å². The van der Waals surface area contributed by atoms with Crippen LogP contribution in [0.3, 0.4) is 0 Å². The molecule has 1 aliphatic heterocycles. The van der Waals surface area contributed by atoms with Gasteiger partial charge >= 0.3 is 0 Å². The fourth-order valence-electron chi connectivity index (χ4n) is 3.10. The van der Waals surface area contributed by atoms with E-state index in [1.54, 1.807) is 7.11 Å². The molecule has 0 radical (unpaired) electrons. The molecule has 150 valence electrons. The van der Waals surface area contributed by atoms with Crippen molar-refractivity contribution in [1.29, 1.82) is 5.26 Å². The number of amides is 1. The topological polar surface area (TPSA) is 74.6 Å². The summed E-state index contributed by atoms with van der Waals surface area (Å²) >= 11 is 4.50. The Hall–Kier alpha value is -3.11. The molecular formula is C22H23N3O3S. The molecule has 1 amide bonds. The van der Waals surface area contributed by atoms with Crippen LogP contribution in [0.1, 0.15) is 31.5 Å². The summed E-state index contributed by atoms with van der Waals surface area (Å²) in [6.45, 7) is 2.71. The molecule has 6 nitrogen and oxygen atoms in total. The summed E-state index contributed by atoms with van der Waals surface area (Å²) in [6, 6.07) is 17.0. The number of benzene rings is 2. The van der Waals surface area contributed by atoms with E-state index in [-0.39, 0.29) is 5.57 Å². The maximum Gasteiger partial charge on any atom is 0.266 e. The van der Waals surface area contributed by atoms with Crippen molar-refractivity contribution in [1.82, 2.24) is 5.32 Å². The number of nitrogens with zero attached hydrogens (tertiary/aromatic N) is 2. The normalized spacial score (nSPS) is 16.3. The first-order valence-electron chi connectivity index (χ1n) is 9.40. The van der Waals surface area contributed by atoms with Crippen molar-refractivity contribution in [2.75, 3.05) is 18.6 Å². The third kappa shape index (κ3) is 4.33. The summed E-state index contributed by atoms with van der Waals surface area (Å²) in [4.78, 5) is 14.3.